The van der Waals surface area contributed by atoms with Crippen molar-refractivity contribution in [3.63, 3.8) is 0 Å². The Labute approximate surface area is 109 Å². The van der Waals surface area contributed by atoms with Crippen LogP contribution in [0.4, 0.5) is 0 Å². The summed E-state index contributed by atoms with van der Waals surface area (Å²) < 4.78 is 7.17. The molecule has 0 fully saturated rings. The molecule has 0 spiro atoms. The second-order valence-electron chi connectivity index (χ2n) is 4.80. The topological polar surface area (TPSA) is 59.3 Å². The first-order valence-corrected chi connectivity index (χ1v) is 6.60. The van der Waals surface area contributed by atoms with E-state index in [9.17, 15) is 5.11 Å². The molecule has 2 unspecified atom stereocenters. The Morgan fingerprint density at radius 2 is 2.22 bits per heavy atom. The number of rotatable bonds is 9. The fourth-order valence-electron chi connectivity index (χ4n) is 1.71. The highest BCUT2D eigenvalue weighted by molar-refractivity contribution is 4.79. The van der Waals surface area contributed by atoms with Gasteiger partial charge in [-0.25, -0.2) is 0 Å². The minimum absolute atomic E-state index is 0.275. The molecule has 0 saturated carbocycles. The van der Waals surface area contributed by atoms with E-state index in [2.05, 4.69) is 24.3 Å². The van der Waals surface area contributed by atoms with Gasteiger partial charge in [-0.15, -0.1) is 0 Å². The van der Waals surface area contributed by atoms with Crippen LogP contribution in [0.15, 0.2) is 18.5 Å². The van der Waals surface area contributed by atoms with E-state index in [4.69, 9.17) is 4.74 Å². The lowest BCUT2D eigenvalue weighted by Gasteiger charge is -2.23. The van der Waals surface area contributed by atoms with E-state index in [0.29, 0.717) is 25.6 Å². The third kappa shape index (κ3) is 5.62. The van der Waals surface area contributed by atoms with Gasteiger partial charge in [0.15, 0.2) is 0 Å². The molecule has 0 aliphatic carbocycles. The van der Waals surface area contributed by atoms with Gasteiger partial charge in [0.1, 0.15) is 0 Å². The molecule has 1 aromatic heterocycles. The van der Waals surface area contributed by atoms with Gasteiger partial charge in [0, 0.05) is 31.6 Å². The first-order chi connectivity index (χ1) is 8.63. The van der Waals surface area contributed by atoms with E-state index < -0.39 is 6.10 Å². The van der Waals surface area contributed by atoms with E-state index in [1.165, 1.54) is 0 Å². The number of nitrogens with zero attached hydrogens (tertiary/aromatic N) is 2. The molecule has 0 bridgehead atoms. The number of hydrogen-bond donors (Lipinski definition) is 2. The molecule has 1 heterocycles. The maximum atomic E-state index is 9.91. The molecule has 2 atom stereocenters. The minimum atomic E-state index is -0.437. The Morgan fingerprint density at radius 3 is 2.78 bits per heavy atom. The molecule has 0 aromatic carbocycles. The third-order valence-electron chi connectivity index (χ3n) is 2.88. The molecule has 0 radical (unpaired) electrons. The van der Waals surface area contributed by atoms with Crippen molar-refractivity contribution in [1.29, 1.82) is 0 Å². The van der Waals surface area contributed by atoms with Gasteiger partial charge in [0.05, 0.1) is 19.3 Å². The number of ether oxygens (including phenoxy) is 1. The SMILES string of the molecule is CCOCC(NCC(O)Cn1cccn1)C(C)C. The van der Waals surface area contributed by atoms with Gasteiger partial charge in [-0.2, -0.15) is 5.10 Å². The summed E-state index contributed by atoms with van der Waals surface area (Å²) in [5.74, 6) is 0.480. The average molecular weight is 255 g/mol. The summed E-state index contributed by atoms with van der Waals surface area (Å²) >= 11 is 0. The van der Waals surface area contributed by atoms with Gasteiger partial charge in [-0.1, -0.05) is 13.8 Å². The highest BCUT2D eigenvalue weighted by atomic mass is 16.5. The number of aromatic nitrogens is 2. The number of aliphatic hydroxyl groups excluding tert-OH is 1. The maximum absolute atomic E-state index is 9.91. The molecular formula is C13H25N3O2. The van der Waals surface area contributed by atoms with Crippen molar-refractivity contribution in [3.05, 3.63) is 18.5 Å². The molecule has 0 saturated heterocycles. The van der Waals surface area contributed by atoms with Gasteiger partial charge in [-0.05, 0) is 18.9 Å². The smallest absolute Gasteiger partial charge is 0.0860 e. The zero-order chi connectivity index (χ0) is 13.4. The highest BCUT2D eigenvalue weighted by Crippen LogP contribution is 2.02. The molecule has 18 heavy (non-hydrogen) atoms. The third-order valence-corrected chi connectivity index (χ3v) is 2.88. The lowest BCUT2D eigenvalue weighted by molar-refractivity contribution is 0.0925. The maximum Gasteiger partial charge on any atom is 0.0860 e. The molecule has 0 aliphatic rings. The number of aliphatic hydroxyl groups is 1. The Bertz CT molecular complexity index is 301. The number of hydrogen-bond acceptors (Lipinski definition) is 4. The van der Waals surface area contributed by atoms with E-state index in [-0.39, 0.29) is 6.04 Å². The Morgan fingerprint density at radius 1 is 1.44 bits per heavy atom. The lowest BCUT2D eigenvalue weighted by atomic mass is 10.1. The highest BCUT2D eigenvalue weighted by Gasteiger charge is 2.15. The second-order valence-corrected chi connectivity index (χ2v) is 4.80. The summed E-state index contributed by atoms with van der Waals surface area (Å²) in [5.41, 5.74) is 0. The van der Waals surface area contributed by atoms with Crippen LogP contribution in [-0.4, -0.2) is 46.8 Å². The van der Waals surface area contributed by atoms with Crippen molar-refractivity contribution < 1.29 is 9.84 Å². The molecular weight excluding hydrogens is 230 g/mol. The predicted octanol–water partition coefficient (Wildman–Crippen LogP) is 0.895. The van der Waals surface area contributed by atoms with Crippen LogP contribution in [0.3, 0.4) is 0 Å². The van der Waals surface area contributed by atoms with Crippen LogP contribution in [-0.2, 0) is 11.3 Å². The van der Waals surface area contributed by atoms with Gasteiger partial charge in [0.2, 0.25) is 0 Å². The van der Waals surface area contributed by atoms with Crippen LogP contribution >= 0.6 is 0 Å². The molecule has 5 nitrogen and oxygen atoms in total. The molecule has 0 amide bonds. The van der Waals surface area contributed by atoms with E-state index in [0.717, 1.165) is 6.61 Å². The molecule has 1 rings (SSSR count). The van der Waals surface area contributed by atoms with Crippen molar-refractivity contribution >= 4 is 0 Å². The van der Waals surface area contributed by atoms with Gasteiger partial charge < -0.3 is 15.2 Å². The Kier molecular flexibility index (Phi) is 6.93. The zero-order valence-electron chi connectivity index (χ0n) is 11.5. The van der Waals surface area contributed by atoms with Crippen molar-refractivity contribution in [1.82, 2.24) is 15.1 Å². The van der Waals surface area contributed by atoms with Crippen molar-refractivity contribution in [2.75, 3.05) is 19.8 Å². The minimum Gasteiger partial charge on any atom is -0.390 e. The van der Waals surface area contributed by atoms with Crippen LogP contribution in [0.25, 0.3) is 0 Å². The largest absolute Gasteiger partial charge is 0.390 e. The lowest BCUT2D eigenvalue weighted by Crippen LogP contribution is -2.43. The van der Waals surface area contributed by atoms with Crippen LogP contribution in [0.1, 0.15) is 20.8 Å². The molecule has 104 valence electrons. The number of nitrogens with one attached hydrogen (secondary N) is 1. The quantitative estimate of drug-likeness (QED) is 0.688. The van der Waals surface area contributed by atoms with E-state index >= 15 is 0 Å². The Balaban J connectivity index is 2.27. The fraction of sp³-hybridized carbons (Fsp3) is 0.769. The van der Waals surface area contributed by atoms with Crippen molar-refractivity contribution in [3.8, 4) is 0 Å². The molecule has 1 aromatic rings. The van der Waals surface area contributed by atoms with Crippen LogP contribution < -0.4 is 5.32 Å². The summed E-state index contributed by atoms with van der Waals surface area (Å²) in [6.07, 6.45) is 3.13. The van der Waals surface area contributed by atoms with Crippen molar-refractivity contribution in [2.24, 2.45) is 5.92 Å². The van der Waals surface area contributed by atoms with Gasteiger partial charge in [-0.3, -0.25) is 4.68 Å². The second kappa shape index (κ2) is 8.24. The molecule has 2 N–H and O–H groups in total. The zero-order valence-corrected chi connectivity index (χ0v) is 11.5. The predicted molar refractivity (Wildman–Crippen MR) is 71.4 cm³/mol. The summed E-state index contributed by atoms with van der Waals surface area (Å²) in [6.45, 7) is 8.76. The van der Waals surface area contributed by atoms with E-state index in [1.54, 1.807) is 10.9 Å². The van der Waals surface area contributed by atoms with Crippen LogP contribution in [0, 0.1) is 5.92 Å². The summed E-state index contributed by atoms with van der Waals surface area (Å²) in [5, 5.41) is 17.3. The average Bonchev–Trinajstić information content (AvgIpc) is 2.81. The van der Waals surface area contributed by atoms with Gasteiger partial charge in [0.25, 0.3) is 0 Å². The van der Waals surface area contributed by atoms with Crippen LogP contribution in [0.2, 0.25) is 0 Å². The fourth-order valence-corrected chi connectivity index (χ4v) is 1.71. The summed E-state index contributed by atoms with van der Waals surface area (Å²) in [7, 11) is 0. The molecule has 5 heteroatoms. The first kappa shape index (κ1) is 15.1. The summed E-state index contributed by atoms with van der Waals surface area (Å²) in [6, 6.07) is 2.13. The molecule has 0 aliphatic heterocycles. The van der Waals surface area contributed by atoms with E-state index in [1.807, 2.05) is 19.2 Å². The standard InChI is InChI=1S/C13H25N3O2/c1-4-18-10-13(11(2)3)14-8-12(17)9-16-7-5-6-15-16/h5-7,11-14,17H,4,8-10H2,1-3H3. The first-order valence-electron chi connectivity index (χ1n) is 6.60. The normalized spacial score (nSPS) is 14.9. The van der Waals surface area contributed by atoms with Gasteiger partial charge >= 0.3 is 0 Å². The monoisotopic (exact) mass is 255 g/mol. The van der Waals surface area contributed by atoms with Crippen molar-refractivity contribution in [2.45, 2.75) is 39.5 Å². The van der Waals surface area contributed by atoms with Crippen LogP contribution in [0.5, 0.6) is 0 Å². The summed E-state index contributed by atoms with van der Waals surface area (Å²) in [4.78, 5) is 0. The Hall–Kier alpha value is -0.910.